The minimum absolute atomic E-state index is 0.509. The summed E-state index contributed by atoms with van der Waals surface area (Å²) >= 11 is 0. The Morgan fingerprint density at radius 1 is 1.09 bits per heavy atom. The van der Waals surface area contributed by atoms with Crippen molar-refractivity contribution in [2.75, 3.05) is 7.11 Å². The second-order valence-electron chi connectivity index (χ2n) is 1.74. The van der Waals surface area contributed by atoms with Crippen molar-refractivity contribution in [2.24, 2.45) is 0 Å². The summed E-state index contributed by atoms with van der Waals surface area (Å²) in [5, 5.41) is 0. The Hall–Kier alpha value is -0.883. The van der Waals surface area contributed by atoms with Gasteiger partial charge in [-0.05, 0) is 0 Å². The summed E-state index contributed by atoms with van der Waals surface area (Å²) in [6.07, 6.45) is 0. The number of carbonyl (C=O) groups is 2. The standard InChI is InChI=1S/C5H10O5Si/c1-4(6)9-11(8-3)10-5(2)7/h11H,1-3H3. The SMILES string of the molecule is CO[SiH](OC(C)=O)OC(C)=O. The zero-order valence-corrected chi connectivity index (χ0v) is 7.77. The lowest BCUT2D eigenvalue weighted by Gasteiger charge is -2.10. The zero-order chi connectivity index (χ0) is 8.85. The molecule has 0 saturated heterocycles. The fourth-order valence-corrected chi connectivity index (χ4v) is 1.17. The molecule has 0 aromatic heterocycles. The smallest absolute Gasteiger partial charge is 0.467 e. The molecule has 0 unspecified atom stereocenters. The summed E-state index contributed by atoms with van der Waals surface area (Å²) in [6, 6.07) is 0. The molecule has 0 fully saturated rings. The first kappa shape index (κ1) is 10.1. The van der Waals surface area contributed by atoms with Crippen LogP contribution >= 0.6 is 0 Å². The molecule has 0 spiro atoms. The molecule has 0 aliphatic heterocycles. The van der Waals surface area contributed by atoms with E-state index in [0.29, 0.717) is 0 Å². The normalized spacial score (nSPS) is 9.45. The highest BCUT2D eigenvalue weighted by atomic mass is 28.3. The van der Waals surface area contributed by atoms with E-state index >= 15 is 0 Å². The maximum atomic E-state index is 10.3. The van der Waals surface area contributed by atoms with Crippen molar-refractivity contribution in [3.05, 3.63) is 0 Å². The molecule has 0 aliphatic carbocycles. The Bertz CT molecular complexity index is 141. The van der Waals surface area contributed by atoms with E-state index < -0.39 is 21.5 Å². The summed E-state index contributed by atoms with van der Waals surface area (Å²) in [5.41, 5.74) is 0. The van der Waals surface area contributed by atoms with Crippen LogP contribution in [0.15, 0.2) is 0 Å². The number of hydrogen-bond donors (Lipinski definition) is 0. The van der Waals surface area contributed by atoms with E-state index in [9.17, 15) is 9.59 Å². The number of hydrogen-bond acceptors (Lipinski definition) is 5. The van der Waals surface area contributed by atoms with E-state index in [4.69, 9.17) is 0 Å². The van der Waals surface area contributed by atoms with Gasteiger partial charge in [-0.3, -0.25) is 9.59 Å². The van der Waals surface area contributed by atoms with Gasteiger partial charge in [0.25, 0.3) is 11.9 Å². The fraction of sp³-hybridized carbons (Fsp3) is 0.600. The van der Waals surface area contributed by atoms with Gasteiger partial charge in [-0.15, -0.1) is 0 Å². The summed E-state index contributed by atoms with van der Waals surface area (Å²) in [5.74, 6) is -1.02. The van der Waals surface area contributed by atoms with E-state index in [-0.39, 0.29) is 0 Å². The molecule has 0 bridgehead atoms. The highest BCUT2D eigenvalue weighted by Crippen LogP contribution is 1.91. The van der Waals surface area contributed by atoms with Crippen LogP contribution in [0.2, 0.25) is 0 Å². The monoisotopic (exact) mass is 178 g/mol. The Morgan fingerprint density at radius 2 is 1.45 bits per heavy atom. The van der Waals surface area contributed by atoms with Gasteiger partial charge in [0.1, 0.15) is 0 Å². The van der Waals surface area contributed by atoms with E-state index in [1.807, 2.05) is 0 Å². The van der Waals surface area contributed by atoms with E-state index in [0.717, 1.165) is 0 Å². The average Bonchev–Trinajstić information content (AvgIpc) is 1.84. The molecule has 0 rings (SSSR count). The number of rotatable bonds is 3. The molecule has 0 amide bonds. The predicted octanol–water partition coefficient (Wildman–Crippen LogP) is -0.524. The van der Waals surface area contributed by atoms with Crippen LogP contribution in [0.4, 0.5) is 0 Å². The molecule has 0 radical (unpaired) electrons. The van der Waals surface area contributed by atoms with Crippen molar-refractivity contribution in [1.29, 1.82) is 0 Å². The van der Waals surface area contributed by atoms with Crippen LogP contribution in [0.25, 0.3) is 0 Å². The van der Waals surface area contributed by atoms with Crippen LogP contribution in [-0.2, 0) is 22.9 Å². The van der Waals surface area contributed by atoms with Crippen LogP contribution in [0.5, 0.6) is 0 Å². The van der Waals surface area contributed by atoms with Crippen LogP contribution < -0.4 is 0 Å². The van der Waals surface area contributed by atoms with Gasteiger partial charge in [-0.2, -0.15) is 0 Å². The molecule has 0 aliphatic rings. The first-order valence-electron chi connectivity index (χ1n) is 2.93. The van der Waals surface area contributed by atoms with Gasteiger partial charge >= 0.3 is 9.53 Å². The molecule has 0 N–H and O–H groups in total. The van der Waals surface area contributed by atoms with Gasteiger partial charge in [-0.25, -0.2) is 0 Å². The lowest BCUT2D eigenvalue weighted by atomic mass is 10.9. The zero-order valence-electron chi connectivity index (χ0n) is 6.62. The lowest BCUT2D eigenvalue weighted by molar-refractivity contribution is -0.140. The van der Waals surface area contributed by atoms with Gasteiger partial charge in [0.05, 0.1) is 0 Å². The Kier molecular flexibility index (Phi) is 4.47. The highest BCUT2D eigenvalue weighted by Gasteiger charge is 2.19. The topological polar surface area (TPSA) is 61.8 Å². The van der Waals surface area contributed by atoms with Crippen molar-refractivity contribution >= 4 is 21.5 Å². The molecule has 6 heteroatoms. The van der Waals surface area contributed by atoms with Gasteiger partial charge in [-0.1, -0.05) is 0 Å². The van der Waals surface area contributed by atoms with Crippen LogP contribution in [0.3, 0.4) is 0 Å². The first-order valence-corrected chi connectivity index (χ1v) is 4.35. The molecule has 0 heterocycles. The lowest BCUT2D eigenvalue weighted by Crippen LogP contribution is -2.29. The second-order valence-corrected chi connectivity index (χ2v) is 3.26. The van der Waals surface area contributed by atoms with E-state index in [1.54, 1.807) is 0 Å². The molecule has 0 atom stereocenters. The molecule has 0 saturated carbocycles. The molecule has 5 nitrogen and oxygen atoms in total. The summed E-state index contributed by atoms with van der Waals surface area (Å²) < 4.78 is 13.7. The molecule has 0 aromatic carbocycles. The van der Waals surface area contributed by atoms with Gasteiger partial charge < -0.3 is 13.3 Å². The first-order chi connectivity index (χ1) is 5.06. The number of carbonyl (C=O) groups excluding carboxylic acids is 2. The minimum atomic E-state index is -2.53. The largest absolute Gasteiger partial charge is 0.619 e. The van der Waals surface area contributed by atoms with Crippen molar-refractivity contribution < 1.29 is 22.9 Å². The average molecular weight is 178 g/mol. The Balaban J connectivity index is 3.76. The Labute approximate surface area is 66.2 Å². The third-order valence-corrected chi connectivity index (χ3v) is 2.15. The fourth-order valence-electron chi connectivity index (χ4n) is 0.391. The highest BCUT2D eigenvalue weighted by molar-refractivity contribution is 6.41. The predicted molar refractivity (Wildman–Crippen MR) is 37.7 cm³/mol. The van der Waals surface area contributed by atoms with Gasteiger partial charge in [0.15, 0.2) is 0 Å². The van der Waals surface area contributed by atoms with Gasteiger partial charge in [0.2, 0.25) is 0 Å². The summed E-state index contributed by atoms with van der Waals surface area (Å²) in [4.78, 5) is 20.7. The summed E-state index contributed by atoms with van der Waals surface area (Å²) in [7, 11) is -1.21. The maximum Gasteiger partial charge on any atom is 0.619 e. The van der Waals surface area contributed by atoms with Gasteiger partial charge in [0, 0.05) is 21.0 Å². The molecule has 64 valence electrons. The van der Waals surface area contributed by atoms with Crippen molar-refractivity contribution in [1.82, 2.24) is 0 Å². The second kappa shape index (κ2) is 4.86. The molecular formula is C5H10O5Si. The maximum absolute atomic E-state index is 10.3. The van der Waals surface area contributed by atoms with Crippen molar-refractivity contribution in [2.45, 2.75) is 13.8 Å². The van der Waals surface area contributed by atoms with Crippen LogP contribution in [0, 0.1) is 0 Å². The molecular weight excluding hydrogens is 168 g/mol. The van der Waals surface area contributed by atoms with E-state index in [1.165, 1.54) is 21.0 Å². The van der Waals surface area contributed by atoms with Crippen LogP contribution in [-0.4, -0.2) is 28.6 Å². The molecule has 0 aromatic rings. The van der Waals surface area contributed by atoms with Crippen LogP contribution in [0.1, 0.15) is 13.8 Å². The third-order valence-electron chi connectivity index (χ3n) is 0.717. The molecule has 11 heavy (non-hydrogen) atoms. The summed E-state index contributed by atoms with van der Waals surface area (Å²) in [6.45, 7) is 2.45. The quantitative estimate of drug-likeness (QED) is 0.544. The Morgan fingerprint density at radius 3 is 1.64 bits per heavy atom. The third kappa shape index (κ3) is 5.56. The van der Waals surface area contributed by atoms with Crippen molar-refractivity contribution in [3.63, 3.8) is 0 Å². The van der Waals surface area contributed by atoms with Crippen molar-refractivity contribution in [3.8, 4) is 0 Å². The minimum Gasteiger partial charge on any atom is -0.467 e. The van der Waals surface area contributed by atoms with E-state index in [2.05, 4.69) is 13.3 Å².